The number of amides is 2. The molecule has 21 heavy (non-hydrogen) atoms. The van der Waals surface area contributed by atoms with E-state index in [1.54, 1.807) is 16.5 Å². The number of hydrogen-bond donors (Lipinski definition) is 1. The van der Waals surface area contributed by atoms with Crippen LogP contribution in [0.1, 0.15) is 40.4 Å². The maximum absolute atomic E-state index is 12.5. The number of piperazine rings is 1. The highest BCUT2D eigenvalue weighted by molar-refractivity contribution is 5.97. The van der Waals surface area contributed by atoms with Gasteiger partial charge >= 0.3 is 0 Å². The normalized spacial score (nSPS) is 23.4. The number of aromatic nitrogens is 3. The molecule has 1 aromatic heterocycles. The smallest absolute Gasteiger partial charge is 0.245 e. The summed E-state index contributed by atoms with van der Waals surface area (Å²) in [6, 6.07) is -1.02. The van der Waals surface area contributed by atoms with E-state index in [4.69, 9.17) is 0 Å². The lowest BCUT2D eigenvalue weighted by Crippen LogP contribution is -2.65. The van der Waals surface area contributed by atoms with E-state index in [1.165, 1.54) is 6.33 Å². The van der Waals surface area contributed by atoms with Crippen molar-refractivity contribution in [3.63, 3.8) is 0 Å². The number of aryl methyl sites for hydroxylation is 1. The van der Waals surface area contributed by atoms with Crippen LogP contribution in [0, 0.1) is 5.41 Å². The Bertz CT molecular complexity index is 546. The van der Waals surface area contributed by atoms with Crippen LogP contribution in [0.4, 0.5) is 0 Å². The first-order chi connectivity index (χ1) is 9.75. The number of rotatable bonds is 3. The van der Waals surface area contributed by atoms with Gasteiger partial charge in [0.15, 0.2) is 0 Å². The second kappa shape index (κ2) is 5.46. The molecule has 2 unspecified atom stereocenters. The molecular formula is C14H23N5O2. The van der Waals surface area contributed by atoms with Crippen molar-refractivity contribution in [3.8, 4) is 0 Å². The molecule has 2 atom stereocenters. The van der Waals surface area contributed by atoms with Gasteiger partial charge in [-0.3, -0.25) is 9.59 Å². The maximum atomic E-state index is 12.5. The lowest BCUT2D eigenvalue weighted by molar-refractivity contribution is -0.154. The Hall–Kier alpha value is -1.92. The van der Waals surface area contributed by atoms with Crippen LogP contribution >= 0.6 is 0 Å². The highest BCUT2D eigenvalue weighted by atomic mass is 16.2. The molecule has 1 aliphatic rings. The number of nitrogens with zero attached hydrogens (tertiary/aromatic N) is 4. The summed E-state index contributed by atoms with van der Waals surface area (Å²) in [5.74, 6) is 0.499. The van der Waals surface area contributed by atoms with Crippen LogP contribution in [-0.4, -0.2) is 43.6 Å². The SMILES string of the molecule is CCn1ncnc1CN1C(=O)C(C)NC(=O)C1C(C)(C)C. The van der Waals surface area contributed by atoms with Gasteiger partial charge in [-0.05, 0) is 19.3 Å². The van der Waals surface area contributed by atoms with Crippen LogP contribution in [0.5, 0.6) is 0 Å². The van der Waals surface area contributed by atoms with E-state index in [0.29, 0.717) is 18.9 Å². The molecule has 2 heterocycles. The van der Waals surface area contributed by atoms with Crippen molar-refractivity contribution >= 4 is 11.8 Å². The lowest BCUT2D eigenvalue weighted by atomic mass is 9.83. The standard InChI is InChI=1S/C14H23N5O2/c1-6-19-10(15-8-16-19)7-18-11(14(3,4)5)12(20)17-9(2)13(18)21/h8-9,11H,6-7H2,1-5H3,(H,17,20). The van der Waals surface area contributed by atoms with Gasteiger partial charge in [-0.2, -0.15) is 5.10 Å². The molecule has 1 saturated heterocycles. The van der Waals surface area contributed by atoms with Crippen molar-refractivity contribution in [2.75, 3.05) is 0 Å². The van der Waals surface area contributed by atoms with Gasteiger partial charge in [-0.1, -0.05) is 20.8 Å². The van der Waals surface area contributed by atoms with Crippen LogP contribution < -0.4 is 5.32 Å². The molecule has 0 bridgehead atoms. The van der Waals surface area contributed by atoms with Crippen LogP contribution in [0.25, 0.3) is 0 Å². The van der Waals surface area contributed by atoms with E-state index < -0.39 is 12.1 Å². The molecule has 7 nitrogen and oxygen atoms in total. The van der Waals surface area contributed by atoms with Crippen molar-refractivity contribution in [2.24, 2.45) is 5.41 Å². The third-order valence-electron chi connectivity index (χ3n) is 3.70. The maximum Gasteiger partial charge on any atom is 0.245 e. The minimum Gasteiger partial charge on any atom is -0.343 e. The molecule has 1 aliphatic heterocycles. The van der Waals surface area contributed by atoms with Crippen LogP contribution in [0.15, 0.2) is 6.33 Å². The molecule has 0 saturated carbocycles. The Kier molecular flexibility index (Phi) is 4.02. The predicted molar refractivity (Wildman–Crippen MR) is 77.1 cm³/mol. The monoisotopic (exact) mass is 293 g/mol. The van der Waals surface area contributed by atoms with Gasteiger partial charge < -0.3 is 10.2 Å². The lowest BCUT2D eigenvalue weighted by Gasteiger charge is -2.43. The summed E-state index contributed by atoms with van der Waals surface area (Å²) >= 11 is 0. The van der Waals surface area contributed by atoms with Crippen LogP contribution in [0.3, 0.4) is 0 Å². The molecule has 2 amide bonds. The van der Waals surface area contributed by atoms with E-state index in [2.05, 4.69) is 15.4 Å². The third kappa shape index (κ3) is 2.91. The first kappa shape index (κ1) is 15.5. The van der Waals surface area contributed by atoms with Crippen LogP contribution in [0.2, 0.25) is 0 Å². The van der Waals surface area contributed by atoms with E-state index in [0.717, 1.165) is 0 Å². The summed E-state index contributed by atoms with van der Waals surface area (Å²) in [6.07, 6.45) is 1.48. The van der Waals surface area contributed by atoms with Crippen molar-refractivity contribution in [1.29, 1.82) is 0 Å². The zero-order valence-electron chi connectivity index (χ0n) is 13.3. The largest absolute Gasteiger partial charge is 0.343 e. The summed E-state index contributed by atoms with van der Waals surface area (Å²) < 4.78 is 1.74. The summed E-state index contributed by atoms with van der Waals surface area (Å²) in [4.78, 5) is 30.7. The van der Waals surface area contributed by atoms with Gasteiger partial charge in [-0.15, -0.1) is 0 Å². The summed E-state index contributed by atoms with van der Waals surface area (Å²) in [5, 5.41) is 6.87. The number of carbonyl (C=O) groups excluding carboxylic acids is 2. The Labute approximate surface area is 124 Å². The fourth-order valence-electron chi connectivity index (χ4n) is 2.73. The van der Waals surface area contributed by atoms with Gasteiger partial charge in [0.1, 0.15) is 24.2 Å². The van der Waals surface area contributed by atoms with Crippen molar-refractivity contribution in [1.82, 2.24) is 25.0 Å². The fraction of sp³-hybridized carbons (Fsp3) is 0.714. The molecule has 0 aliphatic carbocycles. The Morgan fingerprint density at radius 2 is 2.00 bits per heavy atom. The van der Waals surface area contributed by atoms with Crippen LogP contribution in [-0.2, 0) is 22.7 Å². The second-order valence-electron chi connectivity index (χ2n) is 6.46. The van der Waals surface area contributed by atoms with Gasteiger partial charge in [0.05, 0.1) is 6.54 Å². The molecule has 1 N–H and O–H groups in total. The third-order valence-corrected chi connectivity index (χ3v) is 3.70. The molecule has 116 valence electrons. The minimum atomic E-state index is -0.511. The van der Waals surface area contributed by atoms with Gasteiger partial charge in [0.2, 0.25) is 11.8 Å². The molecule has 0 aromatic carbocycles. The number of carbonyl (C=O) groups is 2. The Balaban J connectivity index is 2.35. The van der Waals surface area contributed by atoms with Gasteiger partial charge in [0, 0.05) is 6.54 Å². The van der Waals surface area contributed by atoms with E-state index in [1.807, 2.05) is 27.7 Å². The molecule has 1 aromatic rings. The van der Waals surface area contributed by atoms with Crippen molar-refractivity contribution in [2.45, 2.75) is 59.8 Å². The van der Waals surface area contributed by atoms with Crippen molar-refractivity contribution in [3.05, 3.63) is 12.2 Å². The second-order valence-corrected chi connectivity index (χ2v) is 6.46. The highest BCUT2D eigenvalue weighted by Crippen LogP contribution is 2.28. The highest BCUT2D eigenvalue weighted by Gasteiger charge is 2.45. The molecule has 0 radical (unpaired) electrons. The van der Waals surface area contributed by atoms with E-state index >= 15 is 0 Å². The first-order valence-corrected chi connectivity index (χ1v) is 7.23. The first-order valence-electron chi connectivity index (χ1n) is 7.23. The minimum absolute atomic E-state index is 0.0832. The predicted octanol–water partition coefficient (Wildman–Crippen LogP) is 0.560. The van der Waals surface area contributed by atoms with Gasteiger partial charge in [0.25, 0.3) is 0 Å². The zero-order valence-corrected chi connectivity index (χ0v) is 13.3. The van der Waals surface area contributed by atoms with E-state index in [9.17, 15) is 9.59 Å². The summed E-state index contributed by atoms with van der Waals surface area (Å²) in [5.41, 5.74) is -0.350. The molecule has 0 spiro atoms. The average Bonchev–Trinajstić information content (AvgIpc) is 2.81. The summed E-state index contributed by atoms with van der Waals surface area (Å²) in [6.45, 7) is 10.5. The Morgan fingerprint density at radius 3 is 2.57 bits per heavy atom. The molecule has 2 rings (SSSR count). The molecular weight excluding hydrogens is 270 g/mol. The zero-order chi connectivity index (χ0) is 15.8. The molecule has 7 heteroatoms. The Morgan fingerprint density at radius 1 is 1.33 bits per heavy atom. The topological polar surface area (TPSA) is 80.1 Å². The number of nitrogens with one attached hydrogen (secondary N) is 1. The average molecular weight is 293 g/mol. The van der Waals surface area contributed by atoms with Gasteiger partial charge in [-0.25, -0.2) is 9.67 Å². The summed E-state index contributed by atoms with van der Waals surface area (Å²) in [7, 11) is 0. The fourth-order valence-corrected chi connectivity index (χ4v) is 2.73. The number of hydrogen-bond acceptors (Lipinski definition) is 4. The van der Waals surface area contributed by atoms with E-state index in [-0.39, 0.29) is 17.2 Å². The quantitative estimate of drug-likeness (QED) is 0.883. The molecule has 1 fully saturated rings. The van der Waals surface area contributed by atoms with Crippen molar-refractivity contribution < 1.29 is 9.59 Å².